The van der Waals surface area contributed by atoms with Gasteiger partial charge in [-0.1, -0.05) is 6.08 Å². The van der Waals surface area contributed by atoms with Crippen LogP contribution in [0.25, 0.3) is 0 Å². The maximum Gasteiger partial charge on any atom is 0.345 e. The number of halogens is 2. The van der Waals surface area contributed by atoms with Crippen LogP contribution in [0.2, 0.25) is 0 Å². The number of anilines is 1. The van der Waals surface area contributed by atoms with Gasteiger partial charge in [-0.2, -0.15) is 0 Å². The number of hydrogen-bond acceptors (Lipinski definition) is 6. The number of nitrogens with one attached hydrogen (secondary N) is 1. The van der Waals surface area contributed by atoms with E-state index in [-0.39, 0.29) is 11.3 Å². The number of cyclic esters (lactones) is 1. The average molecular weight is 351 g/mol. The van der Waals surface area contributed by atoms with E-state index in [0.29, 0.717) is 6.07 Å². The average Bonchev–Trinajstić information content (AvgIpc) is 2.81. The van der Waals surface area contributed by atoms with Gasteiger partial charge in [-0.05, 0) is 18.2 Å². The van der Waals surface area contributed by atoms with Gasteiger partial charge in [0, 0.05) is 19.9 Å². The van der Waals surface area contributed by atoms with Crippen molar-refractivity contribution in [1.29, 1.82) is 0 Å². The first-order valence-corrected chi connectivity index (χ1v) is 7.47. The number of hydrogen-bond donors (Lipinski definition) is 2. The highest BCUT2D eigenvalue weighted by Crippen LogP contribution is 2.35. The molecule has 6 nitrogen and oxygen atoms in total. The summed E-state index contributed by atoms with van der Waals surface area (Å²) in [5.74, 6) is -6.23. The predicted molar refractivity (Wildman–Crippen MR) is 82.3 cm³/mol. The van der Waals surface area contributed by atoms with Gasteiger partial charge in [0.25, 0.3) is 11.7 Å². The minimum absolute atomic E-state index is 0.0544. The smallest absolute Gasteiger partial charge is 0.345 e. The number of carbonyl (C=O) groups excluding carboxylic acids is 2. The van der Waals surface area contributed by atoms with Crippen molar-refractivity contribution in [3.8, 4) is 0 Å². The number of allylic oxidation sites excluding steroid dienone is 1. The molecule has 1 aromatic rings. The number of benzene rings is 1. The van der Waals surface area contributed by atoms with Crippen molar-refractivity contribution in [2.75, 3.05) is 5.32 Å². The number of ether oxygens (including phenoxy) is 2. The van der Waals surface area contributed by atoms with E-state index in [1.165, 1.54) is 32.1 Å². The second-order valence-corrected chi connectivity index (χ2v) is 6.14. The molecule has 2 N–H and O–H groups in total. The number of esters is 1. The Hall–Kier alpha value is -2.90. The Labute approximate surface area is 141 Å². The van der Waals surface area contributed by atoms with Crippen LogP contribution in [-0.2, 0) is 19.1 Å². The van der Waals surface area contributed by atoms with Crippen LogP contribution in [0.15, 0.2) is 41.9 Å². The molecule has 0 radical (unpaired) electrons. The molecule has 8 heteroatoms. The molecule has 3 rings (SSSR count). The first-order chi connectivity index (χ1) is 11.7. The molecular weight excluding hydrogens is 336 g/mol. The largest absolute Gasteiger partial charge is 0.480 e. The molecule has 0 fully saturated rings. The second-order valence-electron chi connectivity index (χ2n) is 6.14. The zero-order chi connectivity index (χ0) is 18.4. The van der Waals surface area contributed by atoms with Gasteiger partial charge in [0.15, 0.2) is 5.78 Å². The van der Waals surface area contributed by atoms with Gasteiger partial charge < -0.3 is 19.9 Å². The Balaban J connectivity index is 1.92. The van der Waals surface area contributed by atoms with E-state index in [4.69, 9.17) is 9.47 Å². The monoisotopic (exact) mass is 351 g/mol. The van der Waals surface area contributed by atoms with Crippen molar-refractivity contribution in [2.24, 2.45) is 5.92 Å². The fraction of sp³-hybridized carbons (Fsp3) is 0.294. The Morgan fingerprint density at radius 3 is 2.56 bits per heavy atom. The molecule has 0 saturated carbocycles. The van der Waals surface area contributed by atoms with Gasteiger partial charge in [-0.15, -0.1) is 0 Å². The predicted octanol–water partition coefficient (Wildman–Crippen LogP) is 2.58. The Bertz CT molecular complexity index is 815. The van der Waals surface area contributed by atoms with Crippen LogP contribution in [-0.4, -0.2) is 28.7 Å². The van der Waals surface area contributed by atoms with Crippen LogP contribution in [0, 0.1) is 17.6 Å². The summed E-state index contributed by atoms with van der Waals surface area (Å²) >= 11 is 0. The lowest BCUT2D eigenvalue weighted by atomic mass is 9.91. The third-order valence-corrected chi connectivity index (χ3v) is 3.83. The van der Waals surface area contributed by atoms with Crippen LogP contribution in [0.4, 0.5) is 14.5 Å². The highest BCUT2D eigenvalue weighted by atomic mass is 19.1. The van der Waals surface area contributed by atoms with Gasteiger partial charge in [0.1, 0.15) is 17.2 Å². The number of carbonyl (C=O) groups is 2. The lowest BCUT2D eigenvalue weighted by Gasteiger charge is -2.33. The van der Waals surface area contributed by atoms with Crippen LogP contribution < -0.4 is 5.32 Å². The molecule has 0 spiro atoms. The third kappa shape index (κ3) is 3.19. The molecule has 0 unspecified atom stereocenters. The fourth-order valence-electron chi connectivity index (χ4n) is 2.76. The quantitative estimate of drug-likeness (QED) is 0.815. The minimum Gasteiger partial charge on any atom is -0.480 e. The van der Waals surface area contributed by atoms with E-state index in [2.05, 4.69) is 5.32 Å². The molecule has 0 amide bonds. The maximum atomic E-state index is 13.8. The molecule has 25 heavy (non-hydrogen) atoms. The van der Waals surface area contributed by atoms with Crippen LogP contribution in [0.3, 0.4) is 0 Å². The summed E-state index contributed by atoms with van der Waals surface area (Å²) in [6.07, 6.45) is 2.63. The summed E-state index contributed by atoms with van der Waals surface area (Å²) in [7, 11) is 0. The molecule has 0 saturated heterocycles. The highest BCUT2D eigenvalue weighted by Gasteiger charge is 2.46. The topological polar surface area (TPSA) is 84.9 Å². The summed E-state index contributed by atoms with van der Waals surface area (Å²) in [5, 5.41) is 12.8. The fourth-order valence-corrected chi connectivity index (χ4v) is 2.76. The molecule has 0 aromatic heterocycles. The lowest BCUT2D eigenvalue weighted by Crippen LogP contribution is -2.42. The van der Waals surface area contributed by atoms with Gasteiger partial charge in [0.05, 0.1) is 17.6 Å². The minimum atomic E-state index is -1.37. The number of rotatable bonds is 3. The van der Waals surface area contributed by atoms with Crippen molar-refractivity contribution in [3.63, 3.8) is 0 Å². The number of ketones is 1. The normalized spacial score (nSPS) is 25.0. The molecule has 1 aromatic carbocycles. The SMILES string of the molecule is CC1(C)OC(=O)C([C@@H]2C(=O)C=C[C@@H]2Nc2ccc(F)cc2F)=C(O)O1. The summed E-state index contributed by atoms with van der Waals surface area (Å²) < 4.78 is 37.0. The number of aliphatic hydroxyl groups is 1. The molecule has 1 aliphatic carbocycles. The zero-order valence-electron chi connectivity index (χ0n) is 13.4. The van der Waals surface area contributed by atoms with E-state index >= 15 is 0 Å². The molecule has 0 bridgehead atoms. The molecule has 1 aliphatic heterocycles. The maximum absolute atomic E-state index is 13.8. The van der Waals surface area contributed by atoms with E-state index in [0.717, 1.165) is 6.07 Å². The molecule has 1 heterocycles. The van der Waals surface area contributed by atoms with Gasteiger partial charge in [0.2, 0.25) is 0 Å². The van der Waals surface area contributed by atoms with Crippen LogP contribution in [0.5, 0.6) is 0 Å². The van der Waals surface area contributed by atoms with E-state index in [1.807, 2.05) is 0 Å². The van der Waals surface area contributed by atoms with Crippen LogP contribution in [0.1, 0.15) is 13.8 Å². The summed E-state index contributed by atoms with van der Waals surface area (Å²) in [6.45, 7) is 2.85. The van der Waals surface area contributed by atoms with E-state index in [1.54, 1.807) is 0 Å². The van der Waals surface area contributed by atoms with Gasteiger partial charge in [-0.25, -0.2) is 13.6 Å². The summed E-state index contributed by atoms with van der Waals surface area (Å²) in [5.41, 5.74) is -0.407. The summed E-state index contributed by atoms with van der Waals surface area (Å²) in [4.78, 5) is 24.4. The van der Waals surface area contributed by atoms with Crippen molar-refractivity contribution < 1.29 is 33.0 Å². The van der Waals surface area contributed by atoms with Crippen molar-refractivity contribution in [1.82, 2.24) is 0 Å². The van der Waals surface area contributed by atoms with Gasteiger partial charge in [-0.3, -0.25) is 4.79 Å². The van der Waals surface area contributed by atoms with Crippen molar-refractivity contribution in [3.05, 3.63) is 53.5 Å². The Kier molecular flexibility index (Phi) is 3.98. The van der Waals surface area contributed by atoms with Crippen molar-refractivity contribution >= 4 is 17.4 Å². The second kappa shape index (κ2) is 5.87. The third-order valence-electron chi connectivity index (χ3n) is 3.83. The first-order valence-electron chi connectivity index (χ1n) is 7.47. The van der Waals surface area contributed by atoms with Gasteiger partial charge >= 0.3 is 5.97 Å². The molecule has 132 valence electrons. The standard InChI is InChI=1S/C17H15F2NO5/c1-17(2)24-15(22)14(16(23)25-17)13-11(5-6-12(13)21)20-10-4-3-8(18)7-9(10)19/h3-7,11,13,20,22H,1-2H3/t11-,13-/m0/s1. The molecule has 2 aliphatic rings. The zero-order valence-corrected chi connectivity index (χ0v) is 13.4. The highest BCUT2D eigenvalue weighted by molar-refractivity contribution is 6.05. The Morgan fingerprint density at radius 2 is 1.92 bits per heavy atom. The molecular formula is C17H15F2NO5. The lowest BCUT2D eigenvalue weighted by molar-refractivity contribution is -0.223. The van der Waals surface area contributed by atoms with E-state index < -0.39 is 47.1 Å². The van der Waals surface area contributed by atoms with Crippen molar-refractivity contribution in [2.45, 2.75) is 25.7 Å². The molecule has 2 atom stereocenters. The number of aliphatic hydroxyl groups excluding tert-OH is 1. The van der Waals surface area contributed by atoms with Crippen LogP contribution >= 0.6 is 0 Å². The van der Waals surface area contributed by atoms with E-state index in [9.17, 15) is 23.5 Å². The Morgan fingerprint density at radius 1 is 1.20 bits per heavy atom. The summed E-state index contributed by atoms with van der Waals surface area (Å²) in [6, 6.07) is 2.07. The first kappa shape index (κ1) is 16.9.